The van der Waals surface area contributed by atoms with Crippen LogP contribution in [-0.2, 0) is 19.1 Å². The standard InChI is InChI=1S/C9H12O5/c1-6(9(12)13)3-4-14-8(11)5-7(2)10/h1,3-5H2,2H3,(H,12,13). The van der Waals surface area contributed by atoms with Crippen LogP contribution in [0.2, 0.25) is 0 Å². The van der Waals surface area contributed by atoms with Crippen molar-refractivity contribution >= 4 is 17.7 Å². The molecule has 5 nitrogen and oxygen atoms in total. The first-order valence-electron chi connectivity index (χ1n) is 3.99. The Morgan fingerprint density at radius 2 is 1.93 bits per heavy atom. The van der Waals surface area contributed by atoms with E-state index in [9.17, 15) is 14.4 Å². The zero-order valence-electron chi connectivity index (χ0n) is 7.91. The molecule has 0 unspecified atom stereocenters. The average Bonchev–Trinajstić information content (AvgIpc) is 2.02. The van der Waals surface area contributed by atoms with Crippen molar-refractivity contribution in [2.45, 2.75) is 19.8 Å². The molecule has 0 atom stereocenters. The summed E-state index contributed by atoms with van der Waals surface area (Å²) < 4.78 is 4.59. The van der Waals surface area contributed by atoms with E-state index in [0.717, 1.165) is 0 Å². The summed E-state index contributed by atoms with van der Waals surface area (Å²) in [6.07, 6.45) is -0.210. The second-order valence-electron chi connectivity index (χ2n) is 2.76. The van der Waals surface area contributed by atoms with Crippen LogP contribution >= 0.6 is 0 Å². The van der Waals surface area contributed by atoms with Crippen LogP contribution in [0.15, 0.2) is 12.2 Å². The molecule has 0 amide bonds. The minimum absolute atomic E-state index is 0.0272. The van der Waals surface area contributed by atoms with Gasteiger partial charge in [0.15, 0.2) is 0 Å². The van der Waals surface area contributed by atoms with E-state index in [1.54, 1.807) is 0 Å². The smallest absolute Gasteiger partial charge is 0.331 e. The van der Waals surface area contributed by atoms with Gasteiger partial charge >= 0.3 is 11.9 Å². The summed E-state index contributed by atoms with van der Waals surface area (Å²) in [4.78, 5) is 31.5. The molecule has 0 aromatic heterocycles. The van der Waals surface area contributed by atoms with Crippen molar-refractivity contribution in [1.82, 2.24) is 0 Å². The van der Waals surface area contributed by atoms with Crippen LogP contribution in [0.4, 0.5) is 0 Å². The third kappa shape index (κ3) is 5.93. The summed E-state index contributed by atoms with van der Waals surface area (Å²) in [5.74, 6) is -2.05. The summed E-state index contributed by atoms with van der Waals surface area (Å²) >= 11 is 0. The Labute approximate surface area is 81.4 Å². The quantitative estimate of drug-likeness (QED) is 0.384. The Kier molecular flexibility index (Phi) is 5.21. The SMILES string of the molecule is C=C(CCOC(=O)CC(C)=O)C(=O)O. The summed E-state index contributed by atoms with van der Waals surface area (Å²) in [7, 11) is 0. The highest BCUT2D eigenvalue weighted by Crippen LogP contribution is 1.99. The Bertz CT molecular complexity index is 266. The number of esters is 1. The summed E-state index contributed by atoms with van der Waals surface area (Å²) in [5, 5.41) is 8.40. The van der Waals surface area contributed by atoms with E-state index in [1.807, 2.05) is 0 Å². The van der Waals surface area contributed by atoms with Crippen LogP contribution in [-0.4, -0.2) is 29.4 Å². The fourth-order valence-corrected chi connectivity index (χ4v) is 0.649. The van der Waals surface area contributed by atoms with Crippen molar-refractivity contribution in [3.8, 4) is 0 Å². The number of hydrogen-bond acceptors (Lipinski definition) is 4. The molecule has 0 radical (unpaired) electrons. The monoisotopic (exact) mass is 200 g/mol. The minimum Gasteiger partial charge on any atom is -0.478 e. The zero-order valence-corrected chi connectivity index (χ0v) is 7.91. The lowest BCUT2D eigenvalue weighted by atomic mass is 10.2. The maximum absolute atomic E-state index is 10.8. The van der Waals surface area contributed by atoms with E-state index < -0.39 is 11.9 Å². The lowest BCUT2D eigenvalue weighted by molar-refractivity contribution is -0.146. The normalized spacial score (nSPS) is 9.21. The molecule has 0 aromatic carbocycles. The number of carbonyl (C=O) groups is 3. The van der Waals surface area contributed by atoms with Gasteiger partial charge in [-0.25, -0.2) is 4.79 Å². The molecule has 5 heteroatoms. The van der Waals surface area contributed by atoms with E-state index >= 15 is 0 Å². The molecule has 0 aliphatic heterocycles. The molecule has 78 valence electrons. The van der Waals surface area contributed by atoms with Crippen LogP contribution in [0.1, 0.15) is 19.8 Å². The lowest BCUT2D eigenvalue weighted by Crippen LogP contribution is -2.11. The van der Waals surface area contributed by atoms with Crippen molar-refractivity contribution in [2.24, 2.45) is 0 Å². The van der Waals surface area contributed by atoms with Gasteiger partial charge in [-0.15, -0.1) is 0 Å². The molecular weight excluding hydrogens is 188 g/mol. The van der Waals surface area contributed by atoms with Gasteiger partial charge in [-0.3, -0.25) is 9.59 Å². The van der Waals surface area contributed by atoms with Gasteiger partial charge in [-0.2, -0.15) is 0 Å². The van der Waals surface area contributed by atoms with Gasteiger partial charge in [0.05, 0.1) is 6.61 Å². The first-order valence-corrected chi connectivity index (χ1v) is 3.99. The molecule has 0 saturated heterocycles. The Morgan fingerprint density at radius 1 is 1.36 bits per heavy atom. The van der Waals surface area contributed by atoms with Gasteiger partial charge in [0.25, 0.3) is 0 Å². The summed E-state index contributed by atoms with van der Waals surface area (Å²) in [5.41, 5.74) is -0.0272. The second-order valence-corrected chi connectivity index (χ2v) is 2.76. The molecule has 1 N–H and O–H groups in total. The number of Topliss-reactive ketones (excluding diaryl/α,β-unsaturated/α-hetero) is 1. The lowest BCUT2D eigenvalue weighted by Gasteiger charge is -2.02. The fourth-order valence-electron chi connectivity index (χ4n) is 0.649. The second kappa shape index (κ2) is 5.90. The van der Waals surface area contributed by atoms with Crippen molar-refractivity contribution in [2.75, 3.05) is 6.61 Å². The number of carboxylic acids is 1. The Hall–Kier alpha value is -1.65. The molecule has 0 spiro atoms. The van der Waals surface area contributed by atoms with Crippen LogP contribution in [0.3, 0.4) is 0 Å². The molecule has 0 aliphatic rings. The first kappa shape index (κ1) is 12.3. The number of ether oxygens (including phenoxy) is 1. The van der Waals surface area contributed by atoms with E-state index in [4.69, 9.17) is 5.11 Å². The molecule has 0 aliphatic carbocycles. The van der Waals surface area contributed by atoms with Gasteiger partial charge in [0, 0.05) is 12.0 Å². The number of carboxylic acid groups (broad SMARTS) is 1. The molecule has 0 heterocycles. The molecule has 0 rings (SSSR count). The number of rotatable bonds is 6. The summed E-state index contributed by atoms with van der Waals surface area (Å²) in [6, 6.07) is 0. The first-order chi connectivity index (χ1) is 6.43. The highest BCUT2D eigenvalue weighted by atomic mass is 16.5. The third-order valence-electron chi connectivity index (χ3n) is 1.36. The maximum Gasteiger partial charge on any atom is 0.331 e. The van der Waals surface area contributed by atoms with Crippen LogP contribution < -0.4 is 0 Å². The average molecular weight is 200 g/mol. The predicted octanol–water partition coefficient (Wildman–Crippen LogP) is 0.540. The van der Waals surface area contributed by atoms with E-state index in [2.05, 4.69) is 11.3 Å². The van der Waals surface area contributed by atoms with Crippen LogP contribution in [0.5, 0.6) is 0 Å². The third-order valence-corrected chi connectivity index (χ3v) is 1.36. The van der Waals surface area contributed by atoms with Gasteiger partial charge in [-0.1, -0.05) is 6.58 Å². The minimum atomic E-state index is -1.12. The van der Waals surface area contributed by atoms with E-state index in [-0.39, 0.29) is 30.8 Å². The van der Waals surface area contributed by atoms with Gasteiger partial charge in [-0.05, 0) is 6.92 Å². The molecule has 14 heavy (non-hydrogen) atoms. The molecule has 0 bridgehead atoms. The number of carbonyl (C=O) groups excluding carboxylic acids is 2. The van der Waals surface area contributed by atoms with Crippen molar-refractivity contribution in [1.29, 1.82) is 0 Å². The van der Waals surface area contributed by atoms with Crippen molar-refractivity contribution < 1.29 is 24.2 Å². The molecular formula is C9H12O5. The maximum atomic E-state index is 10.8. The van der Waals surface area contributed by atoms with Gasteiger partial charge in [0.1, 0.15) is 12.2 Å². The van der Waals surface area contributed by atoms with Gasteiger partial charge in [0.2, 0.25) is 0 Å². The highest BCUT2D eigenvalue weighted by molar-refractivity contribution is 5.94. The Morgan fingerprint density at radius 3 is 2.36 bits per heavy atom. The topological polar surface area (TPSA) is 80.7 Å². The van der Waals surface area contributed by atoms with Crippen molar-refractivity contribution in [3.05, 3.63) is 12.2 Å². The summed E-state index contributed by atoms with van der Waals surface area (Å²) in [6.45, 7) is 4.47. The highest BCUT2D eigenvalue weighted by Gasteiger charge is 2.08. The number of ketones is 1. The molecule has 0 fully saturated rings. The van der Waals surface area contributed by atoms with Crippen molar-refractivity contribution in [3.63, 3.8) is 0 Å². The largest absolute Gasteiger partial charge is 0.478 e. The van der Waals surface area contributed by atoms with Crippen LogP contribution in [0.25, 0.3) is 0 Å². The van der Waals surface area contributed by atoms with Gasteiger partial charge < -0.3 is 9.84 Å². The van der Waals surface area contributed by atoms with Crippen LogP contribution in [0, 0.1) is 0 Å². The Balaban J connectivity index is 3.64. The number of aliphatic carboxylic acids is 1. The predicted molar refractivity (Wildman–Crippen MR) is 47.6 cm³/mol. The van der Waals surface area contributed by atoms with E-state index in [1.165, 1.54) is 6.92 Å². The van der Waals surface area contributed by atoms with E-state index in [0.29, 0.717) is 0 Å². The fraction of sp³-hybridized carbons (Fsp3) is 0.444. The molecule has 0 aromatic rings. The molecule has 0 saturated carbocycles. The zero-order chi connectivity index (χ0) is 11.1. The number of hydrogen-bond donors (Lipinski definition) is 1.